The van der Waals surface area contributed by atoms with Crippen LogP contribution in [0, 0.1) is 0 Å². The smallest absolute Gasteiger partial charge is 0.425 e. The van der Waals surface area contributed by atoms with Gasteiger partial charge in [-0.15, -0.1) is 27.6 Å². The Morgan fingerprint density at radius 1 is 1.18 bits per heavy atom. The summed E-state index contributed by atoms with van der Waals surface area (Å²) in [7, 11) is -2.40. The van der Waals surface area contributed by atoms with Crippen molar-refractivity contribution in [2.45, 2.75) is 56.6 Å². The van der Waals surface area contributed by atoms with Gasteiger partial charge in [0.2, 0.25) is 5.13 Å². The molecule has 0 amide bonds. The average Bonchev–Trinajstić information content (AvgIpc) is 3.55. The van der Waals surface area contributed by atoms with Crippen LogP contribution in [0.3, 0.4) is 0 Å². The standard InChI is InChI=1S/C15H19N4O3S2.C8H7F3O3S/c1-8(2)14-17-18-15(23-14)19-24(20,21)13-7-10-5-11(16)4-9(10)6-12(13)22-3;1-2-14-4-3-5(8(9,10)11)15-6(4)7(12)13/h6-8,11,16H,4-5H2,1-3H3,(H,18,19);3H,2H2,1H3,(H,12,13)/q-1;. The van der Waals surface area contributed by atoms with E-state index in [2.05, 4.69) is 14.9 Å². The molecule has 10 nitrogen and oxygen atoms in total. The molecule has 0 saturated carbocycles. The average molecular weight is 608 g/mol. The van der Waals surface area contributed by atoms with E-state index in [1.807, 2.05) is 13.8 Å². The number of halogens is 3. The molecule has 2 heterocycles. The lowest BCUT2D eigenvalue weighted by Gasteiger charge is -2.12. The van der Waals surface area contributed by atoms with Crippen molar-refractivity contribution >= 4 is 43.8 Å². The fourth-order valence-electron chi connectivity index (χ4n) is 3.60. The summed E-state index contributed by atoms with van der Waals surface area (Å²) >= 11 is 1.38. The number of hydrogen-bond acceptors (Lipinski definition) is 9. The van der Waals surface area contributed by atoms with Crippen LogP contribution in [0.2, 0.25) is 0 Å². The lowest BCUT2D eigenvalue weighted by molar-refractivity contribution is -0.134. The number of nitrogens with one attached hydrogen (secondary N) is 2. The van der Waals surface area contributed by atoms with E-state index in [-0.39, 0.29) is 51.4 Å². The summed E-state index contributed by atoms with van der Waals surface area (Å²) in [6.45, 7) is 5.63. The largest absolute Gasteiger partial charge is 0.674 e. The molecule has 39 heavy (non-hydrogen) atoms. The number of methoxy groups -OCH3 is 1. The molecule has 1 aliphatic rings. The number of carboxylic acids is 1. The minimum absolute atomic E-state index is 0.0687. The Hall–Kier alpha value is -2.95. The third-order valence-electron chi connectivity index (χ3n) is 5.34. The van der Waals surface area contributed by atoms with E-state index in [4.69, 9.17) is 20.3 Å². The van der Waals surface area contributed by atoms with Crippen LogP contribution in [0.25, 0.3) is 5.73 Å². The van der Waals surface area contributed by atoms with Gasteiger partial charge in [-0.05, 0) is 43.0 Å². The number of sulfonamides is 1. The van der Waals surface area contributed by atoms with E-state index in [1.54, 1.807) is 19.1 Å². The molecule has 1 aromatic carbocycles. The number of carbonyl (C=O) groups is 1. The maximum absolute atomic E-state index is 12.7. The van der Waals surface area contributed by atoms with Gasteiger partial charge in [0.05, 0.1) is 13.7 Å². The van der Waals surface area contributed by atoms with Crippen molar-refractivity contribution in [1.29, 1.82) is 0 Å². The van der Waals surface area contributed by atoms with Gasteiger partial charge in [0, 0.05) is 12.0 Å². The highest BCUT2D eigenvalue weighted by Gasteiger charge is 2.35. The molecule has 1 unspecified atom stereocenters. The summed E-state index contributed by atoms with van der Waals surface area (Å²) in [6, 6.07) is 3.80. The molecule has 3 aromatic rings. The SMILES string of the molecule is CCOc1cc(C(F)(F)F)sc1C(=O)O.COc1cc2c(cc1S(=O)(=O)Nc1nnc(C(C)C)s1)CC([NH-])C2. The summed E-state index contributed by atoms with van der Waals surface area (Å²) in [5, 5.41) is 17.5. The second-order valence-electron chi connectivity index (χ2n) is 8.62. The van der Waals surface area contributed by atoms with Crippen molar-refractivity contribution in [2.75, 3.05) is 18.4 Å². The van der Waals surface area contributed by atoms with Crippen LogP contribution in [-0.2, 0) is 29.0 Å². The molecule has 0 fully saturated rings. The van der Waals surface area contributed by atoms with Crippen LogP contribution in [-0.4, -0.2) is 49.4 Å². The predicted molar refractivity (Wildman–Crippen MR) is 141 cm³/mol. The zero-order valence-electron chi connectivity index (χ0n) is 21.2. The quantitative estimate of drug-likeness (QED) is 0.323. The molecular weight excluding hydrogens is 581 g/mol. The van der Waals surface area contributed by atoms with E-state index in [1.165, 1.54) is 18.4 Å². The van der Waals surface area contributed by atoms with Crippen LogP contribution in [0.4, 0.5) is 18.3 Å². The number of anilines is 1. The molecule has 214 valence electrons. The van der Waals surface area contributed by atoms with Crippen LogP contribution in [0.1, 0.15) is 57.4 Å². The third-order valence-corrected chi connectivity index (χ3v) is 9.11. The maximum atomic E-state index is 12.7. The highest BCUT2D eigenvalue weighted by atomic mass is 32.2. The number of benzene rings is 1. The van der Waals surface area contributed by atoms with Gasteiger partial charge >= 0.3 is 12.1 Å². The van der Waals surface area contributed by atoms with E-state index in [0.29, 0.717) is 18.9 Å². The minimum Gasteiger partial charge on any atom is -0.674 e. The zero-order valence-corrected chi connectivity index (χ0v) is 23.7. The van der Waals surface area contributed by atoms with Gasteiger partial charge in [0.25, 0.3) is 10.0 Å². The van der Waals surface area contributed by atoms with Gasteiger partial charge in [-0.1, -0.05) is 25.2 Å². The Kier molecular flexibility index (Phi) is 9.46. The monoisotopic (exact) mass is 607 g/mol. The van der Waals surface area contributed by atoms with Crippen molar-refractivity contribution in [2.24, 2.45) is 0 Å². The Labute approximate surface area is 231 Å². The van der Waals surface area contributed by atoms with Crippen molar-refractivity contribution in [3.63, 3.8) is 0 Å². The summed E-state index contributed by atoms with van der Waals surface area (Å²) in [4.78, 5) is 9.27. The summed E-state index contributed by atoms with van der Waals surface area (Å²) in [6.07, 6.45) is -3.37. The number of ether oxygens (including phenoxy) is 2. The normalized spacial score (nSPS) is 14.9. The van der Waals surface area contributed by atoms with E-state index >= 15 is 0 Å². The Balaban J connectivity index is 0.000000242. The Morgan fingerprint density at radius 2 is 1.82 bits per heavy atom. The van der Waals surface area contributed by atoms with Gasteiger partial charge in [-0.2, -0.15) is 13.2 Å². The first-order valence-electron chi connectivity index (χ1n) is 11.5. The number of aromatic carboxylic acids is 1. The molecule has 3 N–H and O–H groups in total. The van der Waals surface area contributed by atoms with Crippen LogP contribution >= 0.6 is 22.7 Å². The van der Waals surface area contributed by atoms with Gasteiger partial charge < -0.3 is 20.3 Å². The molecule has 16 heteroatoms. The molecule has 0 radical (unpaired) electrons. The molecule has 1 aliphatic carbocycles. The number of alkyl halides is 3. The maximum Gasteiger partial charge on any atom is 0.425 e. The van der Waals surface area contributed by atoms with Crippen molar-refractivity contribution in [3.8, 4) is 11.5 Å². The summed E-state index contributed by atoms with van der Waals surface area (Å²) < 4.78 is 74.8. The number of fused-ring (bicyclic) bond motifs is 1. The number of carboxylic acid groups (broad SMARTS) is 1. The highest BCUT2D eigenvalue weighted by Crippen LogP contribution is 2.40. The predicted octanol–water partition coefficient (Wildman–Crippen LogP) is 5.85. The first-order valence-corrected chi connectivity index (χ1v) is 14.6. The molecular formula is C23H26F3N4O6S3-. The first-order chi connectivity index (χ1) is 18.2. The first kappa shape index (κ1) is 30.6. The molecule has 1 atom stereocenters. The van der Waals surface area contributed by atoms with Crippen molar-refractivity contribution < 1.29 is 41.0 Å². The topological polar surface area (TPSA) is 152 Å². The zero-order chi connectivity index (χ0) is 29.1. The molecule has 4 rings (SSSR count). The Morgan fingerprint density at radius 3 is 2.33 bits per heavy atom. The summed E-state index contributed by atoms with van der Waals surface area (Å²) in [5.74, 6) is -1.19. The molecule has 0 aliphatic heterocycles. The Bertz CT molecular complexity index is 1440. The van der Waals surface area contributed by atoms with E-state index in [0.717, 1.165) is 16.1 Å². The van der Waals surface area contributed by atoms with E-state index < -0.39 is 31.9 Å². The fourth-order valence-corrected chi connectivity index (χ4v) is 6.59. The molecule has 0 spiro atoms. The highest BCUT2D eigenvalue weighted by molar-refractivity contribution is 7.93. The van der Waals surface area contributed by atoms with Gasteiger partial charge in [0.1, 0.15) is 26.3 Å². The lowest BCUT2D eigenvalue weighted by atomic mass is 10.1. The van der Waals surface area contributed by atoms with Crippen LogP contribution in [0.5, 0.6) is 11.5 Å². The fraction of sp³-hybridized carbons (Fsp3) is 0.435. The number of thiophene rings is 1. The molecule has 2 aromatic heterocycles. The van der Waals surface area contributed by atoms with Crippen LogP contribution in [0.15, 0.2) is 23.1 Å². The lowest BCUT2D eigenvalue weighted by Crippen LogP contribution is -2.14. The van der Waals surface area contributed by atoms with Crippen LogP contribution < -0.4 is 14.2 Å². The third kappa shape index (κ3) is 7.38. The van der Waals surface area contributed by atoms with Crippen molar-refractivity contribution in [3.05, 3.63) is 49.8 Å². The number of hydrogen-bond donors (Lipinski definition) is 2. The van der Waals surface area contributed by atoms with E-state index in [9.17, 15) is 26.4 Å². The number of aromatic nitrogens is 2. The second kappa shape index (κ2) is 12.1. The number of rotatable bonds is 8. The van der Waals surface area contributed by atoms with Gasteiger partial charge in [-0.3, -0.25) is 4.72 Å². The number of nitrogens with zero attached hydrogens (tertiary/aromatic N) is 2. The molecule has 0 saturated heterocycles. The van der Waals surface area contributed by atoms with Gasteiger partial charge in [-0.25, -0.2) is 13.2 Å². The second-order valence-corrected chi connectivity index (χ2v) is 12.3. The minimum atomic E-state index is -4.54. The van der Waals surface area contributed by atoms with Crippen molar-refractivity contribution in [1.82, 2.24) is 10.2 Å². The summed E-state index contributed by atoms with van der Waals surface area (Å²) in [5.41, 5.74) is 9.73. The molecule has 0 bridgehead atoms. The van der Waals surface area contributed by atoms with Gasteiger partial charge in [0.15, 0.2) is 4.88 Å².